The minimum absolute atomic E-state index is 0.311. The van der Waals surface area contributed by atoms with E-state index in [1.165, 1.54) is 6.42 Å². The molecule has 23 heavy (non-hydrogen) atoms. The van der Waals surface area contributed by atoms with Crippen LogP contribution >= 0.6 is 11.8 Å². The molecule has 2 fully saturated rings. The molecule has 0 spiro atoms. The summed E-state index contributed by atoms with van der Waals surface area (Å²) >= 11 is 1.58. The van der Waals surface area contributed by atoms with Gasteiger partial charge in [0.15, 0.2) is 5.16 Å². The first-order valence-electron chi connectivity index (χ1n) is 8.54. The van der Waals surface area contributed by atoms with Gasteiger partial charge in [-0.15, -0.1) is 0 Å². The Hall–Kier alpha value is -1.30. The molecule has 2 aliphatic rings. The molecule has 6 heteroatoms. The molecule has 0 N–H and O–H groups in total. The molecule has 126 valence electrons. The number of hydrogen-bond acceptors (Lipinski definition) is 5. The average Bonchev–Trinajstić information content (AvgIpc) is 2.54. The van der Waals surface area contributed by atoms with E-state index in [9.17, 15) is 4.79 Å². The zero-order valence-corrected chi connectivity index (χ0v) is 14.9. The molecule has 0 aromatic carbocycles. The highest BCUT2D eigenvalue weighted by molar-refractivity contribution is 7.98. The number of piperidine rings is 1. The maximum atomic E-state index is 12.3. The van der Waals surface area contributed by atoms with E-state index in [1.807, 2.05) is 30.5 Å². The molecular formula is C17H26N4OS. The van der Waals surface area contributed by atoms with Gasteiger partial charge < -0.3 is 9.80 Å². The lowest BCUT2D eigenvalue weighted by atomic mass is 9.84. The number of nitrogens with zero attached hydrogens (tertiary/aromatic N) is 4. The molecule has 1 saturated heterocycles. The molecule has 5 nitrogen and oxygen atoms in total. The van der Waals surface area contributed by atoms with Gasteiger partial charge in [-0.25, -0.2) is 9.97 Å². The topological polar surface area (TPSA) is 49.3 Å². The normalized spacial score (nSPS) is 19.5. The first-order chi connectivity index (χ1) is 11.2. The fraction of sp³-hybridized carbons (Fsp3) is 0.706. The summed E-state index contributed by atoms with van der Waals surface area (Å²) in [6.45, 7) is 2.94. The van der Waals surface area contributed by atoms with Crippen LogP contribution in [0.1, 0.15) is 32.1 Å². The number of amides is 1. The van der Waals surface area contributed by atoms with E-state index >= 15 is 0 Å². The molecule has 0 radical (unpaired) electrons. The largest absolute Gasteiger partial charge is 0.356 e. The van der Waals surface area contributed by atoms with Gasteiger partial charge in [0.2, 0.25) is 5.91 Å². The SMILES string of the molecule is CSc1nccc(N2CCC(CN(C)C(=O)C3CCC3)CC2)n1. The van der Waals surface area contributed by atoms with E-state index in [4.69, 9.17) is 0 Å². The minimum Gasteiger partial charge on any atom is -0.356 e. The summed E-state index contributed by atoms with van der Waals surface area (Å²) in [5, 5.41) is 0.829. The molecule has 1 saturated carbocycles. The van der Waals surface area contributed by atoms with Crippen LogP contribution < -0.4 is 4.90 Å². The highest BCUT2D eigenvalue weighted by Crippen LogP contribution is 2.29. The van der Waals surface area contributed by atoms with Crippen molar-refractivity contribution in [1.29, 1.82) is 0 Å². The Bertz CT molecular complexity index is 541. The Kier molecular flexibility index (Phi) is 5.41. The van der Waals surface area contributed by atoms with Crippen molar-refractivity contribution < 1.29 is 4.79 Å². The predicted molar refractivity (Wildman–Crippen MR) is 93.7 cm³/mol. The van der Waals surface area contributed by atoms with Crippen LogP contribution in [-0.2, 0) is 4.79 Å². The zero-order valence-electron chi connectivity index (χ0n) is 14.1. The van der Waals surface area contributed by atoms with E-state index < -0.39 is 0 Å². The average molecular weight is 334 g/mol. The van der Waals surface area contributed by atoms with Crippen LogP contribution in [0.4, 0.5) is 5.82 Å². The maximum Gasteiger partial charge on any atom is 0.225 e. The Labute approximate surface area is 142 Å². The third-order valence-corrected chi connectivity index (χ3v) is 5.66. The van der Waals surface area contributed by atoms with Crippen molar-refractivity contribution in [3.63, 3.8) is 0 Å². The summed E-state index contributed by atoms with van der Waals surface area (Å²) in [4.78, 5) is 25.4. The molecule has 0 bridgehead atoms. The Morgan fingerprint density at radius 2 is 2.09 bits per heavy atom. The van der Waals surface area contributed by atoms with Crippen LogP contribution in [0, 0.1) is 11.8 Å². The first kappa shape index (κ1) is 16.6. The van der Waals surface area contributed by atoms with Crippen LogP contribution in [-0.4, -0.2) is 53.7 Å². The third kappa shape index (κ3) is 3.97. The molecule has 3 rings (SSSR count). The van der Waals surface area contributed by atoms with E-state index in [-0.39, 0.29) is 0 Å². The fourth-order valence-corrected chi connectivity index (χ4v) is 3.75. The number of rotatable bonds is 5. The second kappa shape index (κ2) is 7.51. The Morgan fingerprint density at radius 3 is 2.70 bits per heavy atom. The van der Waals surface area contributed by atoms with Gasteiger partial charge in [-0.05, 0) is 43.9 Å². The van der Waals surface area contributed by atoms with Gasteiger partial charge in [0.05, 0.1) is 0 Å². The van der Waals surface area contributed by atoms with Crippen LogP contribution in [0.2, 0.25) is 0 Å². The van der Waals surface area contributed by atoms with Crippen molar-refractivity contribution in [2.75, 3.05) is 37.8 Å². The highest BCUT2D eigenvalue weighted by Gasteiger charge is 2.29. The molecule has 2 heterocycles. The lowest BCUT2D eigenvalue weighted by Gasteiger charge is -2.36. The van der Waals surface area contributed by atoms with Gasteiger partial charge >= 0.3 is 0 Å². The van der Waals surface area contributed by atoms with Crippen molar-refractivity contribution in [2.24, 2.45) is 11.8 Å². The van der Waals surface area contributed by atoms with E-state index in [2.05, 4.69) is 14.9 Å². The summed E-state index contributed by atoms with van der Waals surface area (Å²) in [5.41, 5.74) is 0. The van der Waals surface area contributed by atoms with Gasteiger partial charge in [0.1, 0.15) is 5.82 Å². The van der Waals surface area contributed by atoms with Crippen molar-refractivity contribution in [3.05, 3.63) is 12.3 Å². The lowest BCUT2D eigenvalue weighted by molar-refractivity contribution is -0.137. The monoisotopic (exact) mass is 334 g/mol. The van der Waals surface area contributed by atoms with Gasteiger partial charge in [-0.2, -0.15) is 0 Å². The number of carbonyl (C=O) groups excluding carboxylic acids is 1. The van der Waals surface area contributed by atoms with Gasteiger partial charge in [0.25, 0.3) is 0 Å². The Morgan fingerprint density at radius 1 is 1.35 bits per heavy atom. The van der Waals surface area contributed by atoms with Crippen LogP contribution in [0.15, 0.2) is 17.4 Å². The fourth-order valence-electron chi connectivity index (χ4n) is 3.40. The lowest BCUT2D eigenvalue weighted by Crippen LogP contribution is -2.42. The van der Waals surface area contributed by atoms with E-state index in [0.717, 1.165) is 56.3 Å². The minimum atomic E-state index is 0.311. The smallest absolute Gasteiger partial charge is 0.225 e. The van der Waals surface area contributed by atoms with E-state index in [1.54, 1.807) is 11.8 Å². The summed E-state index contributed by atoms with van der Waals surface area (Å²) in [7, 11) is 1.97. The number of anilines is 1. The van der Waals surface area contributed by atoms with E-state index in [0.29, 0.717) is 17.7 Å². The molecule has 0 unspecified atom stereocenters. The number of thioether (sulfide) groups is 1. The van der Waals surface area contributed by atoms with Crippen molar-refractivity contribution >= 4 is 23.5 Å². The van der Waals surface area contributed by atoms with Gasteiger partial charge in [-0.1, -0.05) is 18.2 Å². The molecule has 1 aromatic rings. The van der Waals surface area contributed by atoms with Crippen molar-refractivity contribution in [3.8, 4) is 0 Å². The number of carbonyl (C=O) groups is 1. The molecular weight excluding hydrogens is 308 g/mol. The first-order valence-corrected chi connectivity index (χ1v) is 9.77. The maximum absolute atomic E-state index is 12.3. The van der Waals surface area contributed by atoms with Crippen molar-refractivity contribution in [1.82, 2.24) is 14.9 Å². The second-order valence-corrected chi connectivity index (χ2v) is 7.45. The summed E-state index contributed by atoms with van der Waals surface area (Å²) in [6, 6.07) is 1.99. The molecule has 1 amide bonds. The molecule has 1 aliphatic heterocycles. The van der Waals surface area contributed by atoms with Gasteiger partial charge in [-0.3, -0.25) is 4.79 Å². The number of aromatic nitrogens is 2. The second-order valence-electron chi connectivity index (χ2n) is 6.68. The summed E-state index contributed by atoms with van der Waals surface area (Å²) in [6.07, 6.45) is 9.49. The Balaban J connectivity index is 1.48. The van der Waals surface area contributed by atoms with Crippen LogP contribution in [0.3, 0.4) is 0 Å². The summed E-state index contributed by atoms with van der Waals surface area (Å²) < 4.78 is 0. The predicted octanol–water partition coefficient (Wildman–Crippen LogP) is 2.67. The van der Waals surface area contributed by atoms with Crippen molar-refractivity contribution in [2.45, 2.75) is 37.3 Å². The highest BCUT2D eigenvalue weighted by atomic mass is 32.2. The quantitative estimate of drug-likeness (QED) is 0.612. The molecule has 1 aromatic heterocycles. The number of hydrogen-bond donors (Lipinski definition) is 0. The molecule has 0 atom stereocenters. The summed E-state index contributed by atoms with van der Waals surface area (Å²) in [5.74, 6) is 2.31. The van der Waals surface area contributed by atoms with Crippen LogP contribution in [0.25, 0.3) is 0 Å². The zero-order chi connectivity index (χ0) is 16.2. The standard InChI is InChI=1S/C17H26N4OS/c1-20(16(22)14-4-3-5-14)12-13-7-10-21(11-8-13)15-6-9-18-17(19-15)23-2/h6,9,13-14H,3-5,7-8,10-12H2,1-2H3. The van der Waals surface area contributed by atoms with Gasteiger partial charge in [0, 0.05) is 38.8 Å². The third-order valence-electron chi connectivity index (χ3n) is 5.10. The van der Waals surface area contributed by atoms with Crippen LogP contribution in [0.5, 0.6) is 0 Å². The molecule has 1 aliphatic carbocycles.